The fourth-order valence-corrected chi connectivity index (χ4v) is 5.33. The summed E-state index contributed by atoms with van der Waals surface area (Å²) >= 11 is 0.794. The van der Waals surface area contributed by atoms with Crippen LogP contribution in [0.1, 0.15) is 39.5 Å². The maximum atomic E-state index is 12.9. The molecule has 0 saturated carbocycles. The van der Waals surface area contributed by atoms with Gasteiger partial charge in [0, 0.05) is 25.7 Å². The highest BCUT2D eigenvalue weighted by molar-refractivity contribution is 7.14. The molecule has 35 heavy (non-hydrogen) atoms. The number of anilines is 2. The molecule has 5 heterocycles. The standard InChI is InChI=1S/C22H23F2N7O3S/c23-19(24)16-3-4-17(35-16)21(32)28-13-2-1-6-29(10-13)15-8-14(12-5-7-30(9-12)22(33)34)31-18(15)20(25)26-11-27-31/h3-5,8,11,13,19H,1-2,6-7,9-10H2,(H,28,32)(H,33,34)(H2,25,26,27). The van der Waals surface area contributed by atoms with E-state index in [0.29, 0.717) is 31.0 Å². The molecule has 1 atom stereocenters. The Morgan fingerprint density at radius 2 is 2.14 bits per heavy atom. The number of carboxylic acid groups (broad SMARTS) is 1. The van der Waals surface area contributed by atoms with E-state index in [1.54, 1.807) is 4.52 Å². The van der Waals surface area contributed by atoms with Crippen molar-refractivity contribution in [3.63, 3.8) is 0 Å². The van der Waals surface area contributed by atoms with Gasteiger partial charge >= 0.3 is 6.09 Å². The van der Waals surface area contributed by atoms with Gasteiger partial charge in [0.2, 0.25) is 0 Å². The molecule has 4 N–H and O–H groups in total. The monoisotopic (exact) mass is 503 g/mol. The number of nitrogens with one attached hydrogen (secondary N) is 1. The largest absolute Gasteiger partial charge is 0.465 e. The van der Waals surface area contributed by atoms with Crippen molar-refractivity contribution >= 4 is 45.9 Å². The highest BCUT2D eigenvalue weighted by Crippen LogP contribution is 2.35. The van der Waals surface area contributed by atoms with E-state index in [9.17, 15) is 23.5 Å². The molecule has 0 spiro atoms. The molecule has 0 radical (unpaired) electrons. The van der Waals surface area contributed by atoms with Gasteiger partial charge in [-0.1, -0.05) is 6.08 Å². The molecule has 5 rings (SSSR count). The number of hydrogen-bond donors (Lipinski definition) is 3. The Kier molecular flexibility index (Phi) is 6.01. The summed E-state index contributed by atoms with van der Waals surface area (Å²) in [4.78, 5) is 31.7. The van der Waals surface area contributed by atoms with Crippen LogP contribution in [0.15, 0.2) is 30.6 Å². The lowest BCUT2D eigenvalue weighted by molar-refractivity contribution is 0.0937. The lowest BCUT2D eigenvalue weighted by atomic mass is 10.0. The first-order valence-corrected chi connectivity index (χ1v) is 11.9. The third-order valence-electron chi connectivity index (χ3n) is 6.24. The molecule has 1 saturated heterocycles. The van der Waals surface area contributed by atoms with Crippen molar-refractivity contribution in [2.75, 3.05) is 36.8 Å². The van der Waals surface area contributed by atoms with Crippen LogP contribution in [0, 0.1) is 0 Å². The zero-order valence-electron chi connectivity index (χ0n) is 18.5. The molecule has 2 amide bonds. The Labute approximate surface area is 202 Å². The van der Waals surface area contributed by atoms with Crippen LogP contribution in [0.25, 0.3) is 11.1 Å². The number of piperidine rings is 1. The molecule has 1 fully saturated rings. The average Bonchev–Trinajstić information content (AvgIpc) is 3.57. The van der Waals surface area contributed by atoms with Gasteiger partial charge in [0.05, 0.1) is 27.7 Å². The van der Waals surface area contributed by atoms with Gasteiger partial charge in [0.15, 0.2) is 5.82 Å². The number of nitrogens with two attached hydrogens (primary N) is 1. The minimum absolute atomic E-state index is 0.133. The van der Waals surface area contributed by atoms with E-state index >= 15 is 0 Å². The lowest BCUT2D eigenvalue weighted by Gasteiger charge is -2.34. The number of alkyl halides is 2. The maximum Gasteiger partial charge on any atom is 0.407 e. The van der Waals surface area contributed by atoms with E-state index in [1.807, 2.05) is 12.1 Å². The summed E-state index contributed by atoms with van der Waals surface area (Å²) in [6.07, 6.45) is 1.16. The van der Waals surface area contributed by atoms with Crippen molar-refractivity contribution in [3.05, 3.63) is 46.1 Å². The average molecular weight is 504 g/mol. The lowest BCUT2D eigenvalue weighted by Crippen LogP contribution is -2.47. The fraction of sp³-hybridized carbons (Fsp3) is 0.364. The first-order chi connectivity index (χ1) is 16.8. The van der Waals surface area contributed by atoms with Crippen LogP contribution in [-0.4, -0.2) is 68.8 Å². The number of carbonyl (C=O) groups is 2. The molecule has 0 aromatic carbocycles. The molecule has 13 heteroatoms. The SMILES string of the molecule is Nc1ncnn2c(C3=CCN(C(=O)O)C3)cc(N3CCCC(NC(=O)c4ccc(C(F)F)s4)C3)c12. The second-order valence-electron chi connectivity index (χ2n) is 8.47. The van der Waals surface area contributed by atoms with Crippen LogP contribution in [0.4, 0.5) is 25.1 Å². The fourth-order valence-electron chi connectivity index (χ4n) is 4.57. The topological polar surface area (TPSA) is 129 Å². The number of hydrogen-bond acceptors (Lipinski definition) is 7. The molecule has 0 aliphatic carbocycles. The molecule has 1 unspecified atom stereocenters. The number of fused-ring (bicyclic) bond motifs is 1. The predicted molar refractivity (Wildman–Crippen MR) is 127 cm³/mol. The number of amides is 2. The highest BCUT2D eigenvalue weighted by atomic mass is 32.1. The van der Waals surface area contributed by atoms with Gasteiger partial charge < -0.3 is 26.0 Å². The van der Waals surface area contributed by atoms with Crippen molar-refractivity contribution in [1.82, 2.24) is 24.8 Å². The van der Waals surface area contributed by atoms with Crippen molar-refractivity contribution in [1.29, 1.82) is 0 Å². The normalized spacial score (nSPS) is 18.4. The number of aromatic nitrogens is 3. The van der Waals surface area contributed by atoms with Crippen LogP contribution in [0.2, 0.25) is 0 Å². The van der Waals surface area contributed by atoms with Crippen LogP contribution < -0.4 is 16.0 Å². The van der Waals surface area contributed by atoms with Crippen molar-refractivity contribution < 1.29 is 23.5 Å². The molecule has 0 bridgehead atoms. The van der Waals surface area contributed by atoms with Crippen molar-refractivity contribution in [2.24, 2.45) is 0 Å². The Morgan fingerprint density at radius 3 is 2.86 bits per heavy atom. The van der Waals surface area contributed by atoms with E-state index in [-0.39, 0.29) is 28.2 Å². The number of rotatable bonds is 5. The first kappa shape index (κ1) is 23.0. The molecule has 184 valence electrons. The second kappa shape index (κ2) is 9.13. The molecular weight excluding hydrogens is 480 g/mol. The smallest absolute Gasteiger partial charge is 0.407 e. The number of thiophene rings is 1. The van der Waals surface area contributed by atoms with Crippen molar-refractivity contribution in [3.8, 4) is 0 Å². The molecule has 3 aromatic heterocycles. The molecule has 2 aliphatic heterocycles. The van der Waals surface area contributed by atoms with E-state index in [4.69, 9.17) is 5.73 Å². The van der Waals surface area contributed by atoms with Gasteiger partial charge in [0.25, 0.3) is 12.3 Å². The van der Waals surface area contributed by atoms with Crippen LogP contribution >= 0.6 is 11.3 Å². The number of nitrogen functional groups attached to an aromatic ring is 1. The number of halogens is 2. The van der Waals surface area contributed by atoms with Gasteiger partial charge in [-0.3, -0.25) is 4.79 Å². The molecule has 10 nitrogen and oxygen atoms in total. The molecule has 3 aromatic rings. The third-order valence-corrected chi connectivity index (χ3v) is 7.34. The zero-order valence-corrected chi connectivity index (χ0v) is 19.3. The molecule has 2 aliphatic rings. The van der Waals surface area contributed by atoms with Crippen LogP contribution in [-0.2, 0) is 0 Å². The van der Waals surface area contributed by atoms with Crippen molar-refractivity contribution in [2.45, 2.75) is 25.3 Å². The summed E-state index contributed by atoms with van der Waals surface area (Å²) in [6.45, 7) is 1.74. The summed E-state index contributed by atoms with van der Waals surface area (Å²) in [5.41, 5.74) is 9.18. The summed E-state index contributed by atoms with van der Waals surface area (Å²) in [5, 5.41) is 16.6. The summed E-state index contributed by atoms with van der Waals surface area (Å²) in [5.74, 6) is -0.0805. The Morgan fingerprint density at radius 1 is 1.31 bits per heavy atom. The highest BCUT2D eigenvalue weighted by Gasteiger charge is 2.29. The summed E-state index contributed by atoms with van der Waals surface area (Å²) in [7, 11) is 0. The Bertz CT molecular complexity index is 1320. The quantitative estimate of drug-likeness (QED) is 0.488. The number of nitrogens with zero attached hydrogens (tertiary/aromatic N) is 5. The van der Waals surface area contributed by atoms with E-state index in [1.165, 1.54) is 23.4 Å². The minimum Gasteiger partial charge on any atom is -0.465 e. The third kappa shape index (κ3) is 4.38. The van der Waals surface area contributed by atoms with E-state index in [0.717, 1.165) is 41.1 Å². The maximum absolute atomic E-state index is 12.9. The van der Waals surface area contributed by atoms with Gasteiger partial charge in [-0.15, -0.1) is 11.3 Å². The second-order valence-corrected chi connectivity index (χ2v) is 9.59. The Balaban J connectivity index is 1.39. The zero-order chi connectivity index (χ0) is 24.7. The first-order valence-electron chi connectivity index (χ1n) is 11.0. The predicted octanol–water partition coefficient (Wildman–Crippen LogP) is 3.09. The summed E-state index contributed by atoms with van der Waals surface area (Å²) < 4.78 is 27.5. The van der Waals surface area contributed by atoms with Gasteiger partial charge in [-0.05, 0) is 36.6 Å². The van der Waals surface area contributed by atoms with Gasteiger partial charge in [-0.2, -0.15) is 5.10 Å². The molecular formula is C22H23F2N7O3S. The number of carbonyl (C=O) groups excluding carboxylic acids is 1. The van der Waals surface area contributed by atoms with Crippen LogP contribution in [0.3, 0.4) is 0 Å². The van der Waals surface area contributed by atoms with Gasteiger partial charge in [-0.25, -0.2) is 23.1 Å². The minimum atomic E-state index is -2.60. The van der Waals surface area contributed by atoms with Gasteiger partial charge in [0.1, 0.15) is 11.8 Å². The Hall–Kier alpha value is -3.74. The van der Waals surface area contributed by atoms with Crippen LogP contribution in [0.5, 0.6) is 0 Å². The summed E-state index contributed by atoms with van der Waals surface area (Å²) in [6, 6.07) is 4.43. The van der Waals surface area contributed by atoms with E-state index in [2.05, 4.69) is 20.3 Å². The van der Waals surface area contributed by atoms with E-state index < -0.39 is 12.5 Å².